The van der Waals surface area contributed by atoms with Crippen molar-refractivity contribution in [2.45, 2.75) is 70.4 Å². The van der Waals surface area contributed by atoms with Gasteiger partial charge in [0.1, 0.15) is 18.2 Å². The van der Waals surface area contributed by atoms with Crippen molar-refractivity contribution in [3.8, 4) is 0 Å². The number of likely N-dealkylation sites (tertiary alicyclic amines) is 1. The van der Waals surface area contributed by atoms with Gasteiger partial charge in [-0.15, -0.1) is 0 Å². The quantitative estimate of drug-likeness (QED) is 0.525. The van der Waals surface area contributed by atoms with Gasteiger partial charge in [-0.2, -0.15) is 0 Å². The minimum absolute atomic E-state index is 0.0292. The molecular weight excluding hydrogens is 474 g/mol. The summed E-state index contributed by atoms with van der Waals surface area (Å²) in [5, 5.41) is 16.4. The minimum atomic E-state index is -0.991. The first-order valence-electron chi connectivity index (χ1n) is 12.6. The molecule has 2 aromatic rings. The van der Waals surface area contributed by atoms with Crippen molar-refractivity contribution >= 4 is 18.1 Å². The van der Waals surface area contributed by atoms with E-state index < -0.39 is 41.9 Å². The van der Waals surface area contributed by atoms with Gasteiger partial charge in [0.2, 0.25) is 5.91 Å². The summed E-state index contributed by atoms with van der Waals surface area (Å²) < 4.78 is 10.7. The molecule has 0 saturated carbocycles. The Hall–Kier alpha value is -3.59. The van der Waals surface area contributed by atoms with Gasteiger partial charge in [0, 0.05) is 13.0 Å². The number of aliphatic hydroxyl groups excluding tert-OH is 1. The second kappa shape index (κ2) is 13.1. The number of ether oxygens (including phenoxy) is 2. The molecule has 0 bridgehead atoms. The lowest BCUT2D eigenvalue weighted by Crippen LogP contribution is -2.54. The molecule has 0 spiro atoms. The monoisotopic (exact) mass is 511 g/mol. The lowest BCUT2D eigenvalue weighted by Gasteiger charge is -2.27. The van der Waals surface area contributed by atoms with Crippen LogP contribution in [0, 0.1) is 0 Å². The number of rotatable bonds is 7. The van der Waals surface area contributed by atoms with E-state index in [1.807, 2.05) is 60.7 Å². The number of hydrogen-bond acceptors (Lipinski definition) is 6. The Balaban J connectivity index is 1.60. The van der Waals surface area contributed by atoms with Gasteiger partial charge in [-0.25, -0.2) is 9.59 Å². The van der Waals surface area contributed by atoms with Crippen LogP contribution in [0.1, 0.15) is 44.7 Å². The number of nitrogens with one attached hydrogen (secondary N) is 2. The van der Waals surface area contributed by atoms with Gasteiger partial charge in [0.15, 0.2) is 0 Å². The van der Waals surface area contributed by atoms with Gasteiger partial charge in [-0.1, -0.05) is 60.7 Å². The highest BCUT2D eigenvalue weighted by molar-refractivity contribution is 5.86. The predicted octanol–water partition coefficient (Wildman–Crippen LogP) is 3.40. The smallest absolute Gasteiger partial charge is 0.410 e. The first-order valence-corrected chi connectivity index (χ1v) is 12.6. The lowest BCUT2D eigenvalue weighted by atomic mass is 10.0. The zero-order valence-corrected chi connectivity index (χ0v) is 21.7. The summed E-state index contributed by atoms with van der Waals surface area (Å²) in [5.41, 5.74) is 1.03. The number of carbonyl (C=O) groups is 3. The van der Waals surface area contributed by atoms with Gasteiger partial charge in [-0.3, -0.25) is 4.79 Å². The minimum Gasteiger partial charge on any atom is -0.445 e. The van der Waals surface area contributed by atoms with E-state index in [0.29, 0.717) is 19.4 Å². The van der Waals surface area contributed by atoms with Crippen molar-refractivity contribution in [1.82, 2.24) is 15.5 Å². The summed E-state index contributed by atoms with van der Waals surface area (Å²) in [4.78, 5) is 39.7. The summed E-state index contributed by atoms with van der Waals surface area (Å²) in [6, 6.07) is 17.2. The predicted molar refractivity (Wildman–Crippen MR) is 139 cm³/mol. The standard InChI is InChI=1S/C28H37N3O6/c1-28(2,3)37-26(34)30-23(17-20-11-6-4-7-12-20)25(33)29-22-15-10-16-31(18-24(22)32)27(35)36-19-21-13-8-5-9-14-21/h4-9,11-14,22-24,32H,10,15-19H2,1-3H3,(H,29,33)(H,30,34). The fourth-order valence-electron chi connectivity index (χ4n) is 4.08. The number of hydrogen-bond donors (Lipinski definition) is 3. The number of benzene rings is 2. The van der Waals surface area contributed by atoms with Crippen LogP contribution in [0.25, 0.3) is 0 Å². The number of β-amino-alcohol motifs (C(OH)–C–C–N with tert-alkyl or cyclic N) is 1. The number of alkyl carbamates (subject to hydrolysis) is 1. The molecule has 3 unspecified atom stereocenters. The number of aliphatic hydroxyl groups is 1. The van der Waals surface area contributed by atoms with Crippen molar-refractivity contribution in [3.63, 3.8) is 0 Å². The number of amides is 3. The molecule has 9 nitrogen and oxygen atoms in total. The first-order chi connectivity index (χ1) is 17.6. The van der Waals surface area contributed by atoms with E-state index in [9.17, 15) is 19.5 Å². The van der Waals surface area contributed by atoms with Crippen LogP contribution in [-0.4, -0.2) is 65.0 Å². The van der Waals surface area contributed by atoms with Crippen LogP contribution in [0.2, 0.25) is 0 Å². The molecule has 1 heterocycles. The molecule has 3 atom stereocenters. The Morgan fingerprint density at radius 3 is 2.27 bits per heavy atom. The van der Waals surface area contributed by atoms with Crippen molar-refractivity contribution < 1.29 is 29.0 Å². The van der Waals surface area contributed by atoms with Gasteiger partial charge in [0.25, 0.3) is 0 Å². The van der Waals surface area contributed by atoms with Crippen LogP contribution in [0.3, 0.4) is 0 Å². The molecule has 1 saturated heterocycles. The maximum absolute atomic E-state index is 13.3. The normalized spacial score (nSPS) is 18.8. The van der Waals surface area contributed by atoms with E-state index in [1.54, 1.807) is 20.8 Å². The van der Waals surface area contributed by atoms with E-state index >= 15 is 0 Å². The van der Waals surface area contributed by atoms with Crippen LogP contribution in [0.15, 0.2) is 60.7 Å². The molecule has 1 aliphatic heterocycles. The Kier molecular flexibility index (Phi) is 9.91. The fraction of sp³-hybridized carbons (Fsp3) is 0.464. The lowest BCUT2D eigenvalue weighted by molar-refractivity contribution is -0.124. The van der Waals surface area contributed by atoms with E-state index in [4.69, 9.17) is 9.47 Å². The Bertz CT molecular complexity index is 1030. The molecule has 37 heavy (non-hydrogen) atoms. The van der Waals surface area contributed by atoms with Crippen molar-refractivity contribution in [3.05, 3.63) is 71.8 Å². The van der Waals surface area contributed by atoms with Gasteiger partial charge in [-0.05, 0) is 44.7 Å². The fourth-order valence-corrected chi connectivity index (χ4v) is 4.08. The van der Waals surface area contributed by atoms with Crippen LogP contribution in [-0.2, 0) is 27.3 Å². The Morgan fingerprint density at radius 2 is 1.65 bits per heavy atom. The molecule has 0 radical (unpaired) electrons. The SMILES string of the molecule is CC(C)(C)OC(=O)NC(Cc1ccccc1)C(=O)NC1CCCN(C(=O)OCc2ccccc2)CC1O. The highest BCUT2D eigenvalue weighted by atomic mass is 16.6. The summed E-state index contributed by atoms with van der Waals surface area (Å²) in [6.07, 6.45) is -0.895. The maximum atomic E-state index is 13.3. The molecule has 3 N–H and O–H groups in total. The summed E-state index contributed by atoms with van der Waals surface area (Å²) in [5.74, 6) is -0.432. The molecule has 0 aliphatic carbocycles. The van der Waals surface area contributed by atoms with Crippen molar-refractivity contribution in [2.24, 2.45) is 0 Å². The third-order valence-corrected chi connectivity index (χ3v) is 5.90. The van der Waals surface area contributed by atoms with Gasteiger partial charge < -0.3 is 30.1 Å². The summed E-state index contributed by atoms with van der Waals surface area (Å²) >= 11 is 0. The van der Waals surface area contributed by atoms with Crippen LogP contribution in [0.5, 0.6) is 0 Å². The zero-order valence-electron chi connectivity index (χ0n) is 21.7. The first kappa shape index (κ1) is 28.0. The largest absolute Gasteiger partial charge is 0.445 e. The van der Waals surface area contributed by atoms with Crippen molar-refractivity contribution in [2.75, 3.05) is 13.1 Å². The second-order valence-corrected chi connectivity index (χ2v) is 10.2. The average molecular weight is 512 g/mol. The average Bonchev–Trinajstić information content (AvgIpc) is 3.03. The molecule has 1 fully saturated rings. The summed E-state index contributed by atoms with van der Waals surface area (Å²) in [6.45, 7) is 5.82. The van der Waals surface area contributed by atoms with Gasteiger partial charge in [0.05, 0.1) is 18.7 Å². The second-order valence-electron chi connectivity index (χ2n) is 10.2. The Morgan fingerprint density at radius 1 is 1.03 bits per heavy atom. The molecule has 3 amide bonds. The maximum Gasteiger partial charge on any atom is 0.410 e. The molecule has 2 aromatic carbocycles. The van der Waals surface area contributed by atoms with Crippen LogP contribution >= 0.6 is 0 Å². The van der Waals surface area contributed by atoms with Gasteiger partial charge >= 0.3 is 12.2 Å². The van der Waals surface area contributed by atoms with Crippen molar-refractivity contribution in [1.29, 1.82) is 0 Å². The van der Waals surface area contributed by atoms with E-state index in [1.165, 1.54) is 4.90 Å². The third kappa shape index (κ3) is 9.42. The molecule has 9 heteroatoms. The Labute approximate surface area is 218 Å². The molecule has 1 aliphatic rings. The van der Waals surface area contributed by atoms with E-state index in [2.05, 4.69) is 10.6 Å². The molecule has 0 aromatic heterocycles. The molecule has 200 valence electrons. The van der Waals surface area contributed by atoms with E-state index in [0.717, 1.165) is 11.1 Å². The number of nitrogens with zero attached hydrogens (tertiary/aromatic N) is 1. The van der Waals surface area contributed by atoms with Crippen LogP contribution in [0.4, 0.5) is 9.59 Å². The zero-order chi connectivity index (χ0) is 26.8. The third-order valence-electron chi connectivity index (χ3n) is 5.90. The highest BCUT2D eigenvalue weighted by Crippen LogP contribution is 2.15. The van der Waals surface area contributed by atoms with E-state index in [-0.39, 0.29) is 19.6 Å². The molecule has 3 rings (SSSR count). The topological polar surface area (TPSA) is 117 Å². The highest BCUT2D eigenvalue weighted by Gasteiger charge is 2.32. The summed E-state index contributed by atoms with van der Waals surface area (Å²) in [7, 11) is 0. The van der Waals surface area contributed by atoms with Crippen LogP contribution < -0.4 is 10.6 Å². The number of carbonyl (C=O) groups excluding carboxylic acids is 3. The molecular formula is C28H37N3O6.